The number of nitrogens with one attached hydrogen (secondary N) is 1. The van der Waals surface area contributed by atoms with E-state index in [1.54, 1.807) is 43.3 Å². The third kappa shape index (κ3) is 8.96. The lowest BCUT2D eigenvalue weighted by molar-refractivity contribution is -0.140. The van der Waals surface area contributed by atoms with Crippen LogP contribution in [0, 0.1) is 6.92 Å². The minimum atomic E-state index is -4.19. The lowest BCUT2D eigenvalue weighted by atomic mass is 10.0. The van der Waals surface area contributed by atoms with E-state index in [-0.39, 0.29) is 29.8 Å². The van der Waals surface area contributed by atoms with Gasteiger partial charge in [-0.2, -0.15) is 0 Å². The number of carbonyl (C=O) groups is 2. The first-order valence-corrected chi connectivity index (χ1v) is 17.3. The first kappa shape index (κ1) is 34.2. The average molecular weight is 711 g/mol. The Labute approximate surface area is 279 Å². The topological polar surface area (TPSA) is 86.8 Å². The SMILES string of the molecule is CC[C@@H](C)NC(=O)[C@@H](Cc1ccccc1)N(Cc1cccc(Br)c1)C(=O)CN(c1ccc(Cl)cc1C)S(=O)(=O)c1ccccc1. The fourth-order valence-corrected chi connectivity index (χ4v) is 7.13. The van der Waals surface area contributed by atoms with Crippen molar-refractivity contribution < 1.29 is 18.0 Å². The van der Waals surface area contributed by atoms with Gasteiger partial charge in [0, 0.05) is 28.5 Å². The van der Waals surface area contributed by atoms with Crippen LogP contribution in [0.15, 0.2) is 112 Å². The van der Waals surface area contributed by atoms with Crippen molar-refractivity contribution in [1.82, 2.24) is 10.2 Å². The Morgan fingerprint density at radius 2 is 1.53 bits per heavy atom. The first-order valence-electron chi connectivity index (χ1n) is 14.7. The third-order valence-electron chi connectivity index (χ3n) is 7.55. The highest BCUT2D eigenvalue weighted by Gasteiger charge is 2.35. The van der Waals surface area contributed by atoms with Crippen LogP contribution in [0.5, 0.6) is 0 Å². The van der Waals surface area contributed by atoms with Crippen molar-refractivity contribution in [2.24, 2.45) is 0 Å². The molecule has 0 fully saturated rings. The second-order valence-corrected chi connectivity index (χ2v) is 14.1. The van der Waals surface area contributed by atoms with Crippen molar-refractivity contribution >= 4 is 55.1 Å². The van der Waals surface area contributed by atoms with Gasteiger partial charge in [-0.15, -0.1) is 0 Å². The highest BCUT2D eigenvalue weighted by molar-refractivity contribution is 9.10. The van der Waals surface area contributed by atoms with Gasteiger partial charge in [0.2, 0.25) is 11.8 Å². The van der Waals surface area contributed by atoms with Gasteiger partial charge in [0.1, 0.15) is 12.6 Å². The number of aryl methyl sites for hydroxylation is 1. The Balaban J connectivity index is 1.83. The summed E-state index contributed by atoms with van der Waals surface area (Å²) in [5, 5.41) is 3.50. The Hall–Kier alpha value is -3.66. The number of sulfonamides is 1. The third-order valence-corrected chi connectivity index (χ3v) is 10.1. The molecule has 45 heavy (non-hydrogen) atoms. The zero-order valence-electron chi connectivity index (χ0n) is 25.5. The second-order valence-electron chi connectivity index (χ2n) is 10.9. The van der Waals surface area contributed by atoms with Gasteiger partial charge >= 0.3 is 0 Å². The van der Waals surface area contributed by atoms with Crippen molar-refractivity contribution in [3.8, 4) is 0 Å². The molecule has 0 aromatic heterocycles. The molecule has 7 nitrogen and oxygen atoms in total. The summed E-state index contributed by atoms with van der Waals surface area (Å²) in [6, 6.07) is 28.8. The van der Waals surface area contributed by atoms with Crippen LogP contribution in [-0.2, 0) is 32.6 Å². The van der Waals surface area contributed by atoms with Gasteiger partial charge in [0.05, 0.1) is 10.6 Å². The molecule has 10 heteroatoms. The Bertz CT molecular complexity index is 1720. The van der Waals surface area contributed by atoms with Crippen LogP contribution in [0.3, 0.4) is 0 Å². The number of carbonyl (C=O) groups excluding carboxylic acids is 2. The van der Waals surface area contributed by atoms with Crippen LogP contribution in [-0.4, -0.2) is 43.8 Å². The number of benzene rings is 4. The van der Waals surface area contributed by atoms with Gasteiger partial charge in [0.25, 0.3) is 10.0 Å². The normalized spacial score (nSPS) is 12.6. The minimum absolute atomic E-state index is 0.0426. The van der Waals surface area contributed by atoms with E-state index in [0.717, 1.165) is 19.9 Å². The van der Waals surface area contributed by atoms with Crippen LogP contribution in [0.4, 0.5) is 5.69 Å². The van der Waals surface area contributed by atoms with Gasteiger partial charge in [-0.3, -0.25) is 13.9 Å². The van der Waals surface area contributed by atoms with Crippen LogP contribution in [0.25, 0.3) is 0 Å². The van der Waals surface area contributed by atoms with Crippen molar-refractivity contribution in [2.75, 3.05) is 10.8 Å². The summed E-state index contributed by atoms with van der Waals surface area (Å²) in [5.74, 6) is -0.833. The molecule has 4 aromatic rings. The molecular formula is C35H37BrClN3O4S. The minimum Gasteiger partial charge on any atom is -0.352 e. The van der Waals surface area contributed by atoms with Crippen LogP contribution < -0.4 is 9.62 Å². The number of amides is 2. The van der Waals surface area contributed by atoms with E-state index in [0.29, 0.717) is 22.7 Å². The second kappa shape index (κ2) is 15.6. The molecule has 0 aliphatic rings. The average Bonchev–Trinajstić information content (AvgIpc) is 3.02. The highest BCUT2D eigenvalue weighted by atomic mass is 79.9. The number of anilines is 1. The molecule has 0 saturated carbocycles. The van der Waals surface area contributed by atoms with E-state index < -0.39 is 28.5 Å². The predicted octanol–water partition coefficient (Wildman–Crippen LogP) is 7.16. The van der Waals surface area contributed by atoms with Crippen LogP contribution in [0.1, 0.15) is 37.0 Å². The van der Waals surface area contributed by atoms with Crippen molar-refractivity contribution in [1.29, 1.82) is 0 Å². The molecule has 4 aromatic carbocycles. The Morgan fingerprint density at radius 3 is 2.16 bits per heavy atom. The maximum Gasteiger partial charge on any atom is 0.264 e. The Kier molecular flexibility index (Phi) is 11.8. The Morgan fingerprint density at radius 1 is 0.889 bits per heavy atom. The lowest BCUT2D eigenvalue weighted by Gasteiger charge is -2.34. The summed E-state index contributed by atoms with van der Waals surface area (Å²) in [6.07, 6.45) is 0.955. The van der Waals surface area contributed by atoms with Crippen molar-refractivity contribution in [3.05, 3.63) is 129 Å². The number of hydrogen-bond acceptors (Lipinski definition) is 4. The summed E-state index contributed by atoms with van der Waals surface area (Å²) in [5.41, 5.74) is 2.56. The molecular weight excluding hydrogens is 674 g/mol. The molecule has 2 amide bonds. The maximum atomic E-state index is 14.6. The monoisotopic (exact) mass is 709 g/mol. The quantitative estimate of drug-likeness (QED) is 0.160. The maximum absolute atomic E-state index is 14.6. The summed E-state index contributed by atoms with van der Waals surface area (Å²) in [7, 11) is -4.19. The summed E-state index contributed by atoms with van der Waals surface area (Å²) < 4.78 is 30.2. The molecule has 236 valence electrons. The van der Waals surface area contributed by atoms with E-state index in [1.807, 2.05) is 68.4 Å². The zero-order valence-corrected chi connectivity index (χ0v) is 28.6. The smallest absolute Gasteiger partial charge is 0.264 e. The molecule has 0 unspecified atom stereocenters. The molecule has 0 aliphatic heterocycles. The van der Waals surface area contributed by atoms with Crippen LogP contribution in [0.2, 0.25) is 5.02 Å². The molecule has 1 N–H and O–H groups in total. The van der Waals surface area contributed by atoms with Gasteiger partial charge in [-0.05, 0) is 79.4 Å². The molecule has 0 spiro atoms. The van der Waals surface area contributed by atoms with Gasteiger partial charge < -0.3 is 10.2 Å². The predicted molar refractivity (Wildman–Crippen MR) is 184 cm³/mol. The number of nitrogens with zero attached hydrogens (tertiary/aromatic N) is 2. The number of hydrogen-bond donors (Lipinski definition) is 1. The fourth-order valence-electron chi connectivity index (χ4n) is 4.96. The van der Waals surface area contributed by atoms with Gasteiger partial charge in [0.15, 0.2) is 0 Å². The van der Waals surface area contributed by atoms with Crippen molar-refractivity contribution in [3.63, 3.8) is 0 Å². The molecule has 0 heterocycles. The highest BCUT2D eigenvalue weighted by Crippen LogP contribution is 2.30. The largest absolute Gasteiger partial charge is 0.352 e. The zero-order chi connectivity index (χ0) is 32.6. The van der Waals surface area contributed by atoms with Crippen molar-refractivity contribution in [2.45, 2.75) is 57.1 Å². The molecule has 0 radical (unpaired) electrons. The fraction of sp³-hybridized carbons (Fsp3) is 0.257. The number of rotatable bonds is 13. The molecule has 0 bridgehead atoms. The van der Waals surface area contributed by atoms with Gasteiger partial charge in [-0.25, -0.2) is 8.42 Å². The molecule has 2 atom stereocenters. The lowest BCUT2D eigenvalue weighted by Crippen LogP contribution is -2.54. The molecule has 0 aliphatic carbocycles. The van der Waals surface area contributed by atoms with Crippen LogP contribution >= 0.6 is 27.5 Å². The van der Waals surface area contributed by atoms with E-state index in [2.05, 4.69) is 21.2 Å². The first-order chi connectivity index (χ1) is 21.5. The van der Waals surface area contributed by atoms with E-state index >= 15 is 0 Å². The summed E-state index contributed by atoms with van der Waals surface area (Å²) >= 11 is 9.73. The summed E-state index contributed by atoms with van der Waals surface area (Å²) in [4.78, 5) is 30.0. The van der Waals surface area contributed by atoms with E-state index in [9.17, 15) is 18.0 Å². The van der Waals surface area contributed by atoms with Gasteiger partial charge in [-0.1, -0.05) is 95.1 Å². The standard InChI is InChI=1S/C35H37BrClN3O4S/c1-4-26(3)38-35(42)33(22-27-12-7-5-8-13-27)39(23-28-14-11-15-29(36)21-28)34(41)24-40(32-19-18-30(37)20-25(32)2)45(43,44)31-16-9-6-10-17-31/h5-21,26,33H,4,22-24H2,1-3H3,(H,38,42)/t26-,33-/m1/s1. The molecule has 4 rings (SSSR count). The van der Waals surface area contributed by atoms with E-state index in [1.165, 1.54) is 17.0 Å². The number of halogens is 2. The molecule has 0 saturated heterocycles. The summed E-state index contributed by atoms with van der Waals surface area (Å²) in [6.45, 7) is 5.19. The van der Waals surface area contributed by atoms with E-state index in [4.69, 9.17) is 11.6 Å².